The molecule has 2 aromatic heterocycles. The van der Waals surface area contributed by atoms with Crippen molar-refractivity contribution >= 4 is 17.7 Å². The van der Waals surface area contributed by atoms with Crippen LogP contribution in [0.2, 0.25) is 0 Å². The zero-order valence-corrected chi connectivity index (χ0v) is 15.1. The highest BCUT2D eigenvalue weighted by Crippen LogP contribution is 2.19. The molecule has 2 heterocycles. The second-order valence-electron chi connectivity index (χ2n) is 5.66. The van der Waals surface area contributed by atoms with Crippen LogP contribution in [0.5, 0.6) is 5.75 Å². The summed E-state index contributed by atoms with van der Waals surface area (Å²) in [5, 5.41) is 0.584. The fourth-order valence-corrected chi connectivity index (χ4v) is 3.03. The number of esters is 1. The maximum absolute atomic E-state index is 12.2. The molecule has 0 spiro atoms. The van der Waals surface area contributed by atoms with E-state index in [1.165, 1.54) is 17.8 Å². The molecule has 26 heavy (non-hydrogen) atoms. The molecule has 0 fully saturated rings. The van der Waals surface area contributed by atoms with E-state index in [0.717, 1.165) is 17.4 Å². The largest absolute Gasteiger partial charge is 0.464 e. The van der Waals surface area contributed by atoms with Crippen LogP contribution in [0.15, 0.2) is 63.4 Å². The van der Waals surface area contributed by atoms with E-state index in [9.17, 15) is 9.59 Å². The predicted molar refractivity (Wildman–Crippen MR) is 97.4 cm³/mol. The number of carbonyl (C=O) groups is 1. The standard InChI is InChI=1S/C19H16N2O4S/c1-12-6-13(2)8-14(7-12)18(23)25-17-10-24-15(9-16(17)22)11-26-19-20-4-3-5-21-19/h3-10H,11H2,1-2H3. The van der Waals surface area contributed by atoms with Gasteiger partial charge < -0.3 is 9.15 Å². The van der Waals surface area contributed by atoms with E-state index in [-0.39, 0.29) is 5.75 Å². The lowest BCUT2D eigenvalue weighted by atomic mass is 10.1. The second-order valence-corrected chi connectivity index (χ2v) is 6.60. The molecule has 0 saturated heterocycles. The lowest BCUT2D eigenvalue weighted by Crippen LogP contribution is -2.15. The van der Waals surface area contributed by atoms with Gasteiger partial charge in [0.25, 0.3) is 0 Å². The van der Waals surface area contributed by atoms with E-state index >= 15 is 0 Å². The monoisotopic (exact) mass is 368 g/mol. The number of benzene rings is 1. The number of thioether (sulfide) groups is 1. The van der Waals surface area contributed by atoms with Crippen LogP contribution in [-0.4, -0.2) is 15.9 Å². The first kappa shape index (κ1) is 17.9. The van der Waals surface area contributed by atoms with Gasteiger partial charge in [0.15, 0.2) is 5.16 Å². The minimum Gasteiger partial charge on any atom is -0.464 e. The van der Waals surface area contributed by atoms with E-state index < -0.39 is 11.4 Å². The zero-order chi connectivity index (χ0) is 18.5. The molecule has 132 valence electrons. The zero-order valence-electron chi connectivity index (χ0n) is 14.3. The number of ether oxygens (including phenoxy) is 1. The van der Waals surface area contributed by atoms with Crippen molar-refractivity contribution in [3.8, 4) is 5.75 Å². The van der Waals surface area contributed by atoms with Crippen molar-refractivity contribution in [2.45, 2.75) is 24.8 Å². The summed E-state index contributed by atoms with van der Waals surface area (Å²) in [6, 6.07) is 8.40. The predicted octanol–water partition coefficient (Wildman–Crippen LogP) is 3.56. The maximum Gasteiger partial charge on any atom is 0.343 e. The SMILES string of the molecule is Cc1cc(C)cc(C(=O)Oc2coc(CSc3ncccn3)cc2=O)c1. The first-order valence-electron chi connectivity index (χ1n) is 7.83. The van der Waals surface area contributed by atoms with Crippen LogP contribution in [0.3, 0.4) is 0 Å². The summed E-state index contributed by atoms with van der Waals surface area (Å²) in [6.45, 7) is 3.78. The number of hydrogen-bond acceptors (Lipinski definition) is 7. The topological polar surface area (TPSA) is 82.3 Å². The minimum atomic E-state index is -0.594. The molecule has 0 unspecified atom stereocenters. The van der Waals surface area contributed by atoms with Crippen LogP contribution < -0.4 is 10.2 Å². The lowest BCUT2D eigenvalue weighted by molar-refractivity contribution is 0.0728. The molecule has 1 aromatic carbocycles. The molecule has 0 N–H and O–H groups in total. The molecule has 6 nitrogen and oxygen atoms in total. The number of aromatic nitrogens is 2. The van der Waals surface area contributed by atoms with Crippen LogP contribution in [-0.2, 0) is 5.75 Å². The van der Waals surface area contributed by atoms with E-state index in [4.69, 9.17) is 9.15 Å². The molecule has 0 amide bonds. The van der Waals surface area contributed by atoms with E-state index in [2.05, 4.69) is 9.97 Å². The highest BCUT2D eigenvalue weighted by atomic mass is 32.2. The van der Waals surface area contributed by atoms with Crippen molar-refractivity contribution in [2.75, 3.05) is 0 Å². The highest BCUT2D eigenvalue weighted by molar-refractivity contribution is 7.98. The van der Waals surface area contributed by atoms with Crippen molar-refractivity contribution in [3.05, 3.63) is 81.7 Å². The minimum absolute atomic E-state index is 0.140. The fraction of sp³-hybridized carbons (Fsp3) is 0.158. The molecule has 3 aromatic rings. The summed E-state index contributed by atoms with van der Waals surface area (Å²) < 4.78 is 10.6. The summed E-state index contributed by atoms with van der Waals surface area (Å²) in [7, 11) is 0. The van der Waals surface area contributed by atoms with Gasteiger partial charge in [0.05, 0.1) is 11.3 Å². The van der Waals surface area contributed by atoms with Crippen molar-refractivity contribution in [1.29, 1.82) is 0 Å². The smallest absolute Gasteiger partial charge is 0.343 e. The number of hydrogen-bond donors (Lipinski definition) is 0. The summed E-state index contributed by atoms with van der Waals surface area (Å²) in [5.41, 5.74) is 1.86. The van der Waals surface area contributed by atoms with Crippen LogP contribution in [0, 0.1) is 13.8 Å². The molecule has 0 bridgehead atoms. The third kappa shape index (κ3) is 4.58. The van der Waals surface area contributed by atoms with Gasteiger partial charge in [-0.2, -0.15) is 0 Å². The first-order valence-corrected chi connectivity index (χ1v) is 8.82. The number of aryl methyl sites for hydroxylation is 2. The van der Waals surface area contributed by atoms with Gasteiger partial charge in [0, 0.05) is 18.5 Å². The van der Waals surface area contributed by atoms with Crippen LogP contribution >= 0.6 is 11.8 Å². The van der Waals surface area contributed by atoms with E-state index in [0.29, 0.717) is 22.2 Å². The summed E-state index contributed by atoms with van der Waals surface area (Å²) >= 11 is 1.34. The van der Waals surface area contributed by atoms with Gasteiger partial charge >= 0.3 is 5.97 Å². The normalized spacial score (nSPS) is 10.5. The van der Waals surface area contributed by atoms with Gasteiger partial charge in [-0.15, -0.1) is 0 Å². The Kier molecular flexibility index (Phi) is 5.48. The van der Waals surface area contributed by atoms with Crippen molar-refractivity contribution < 1.29 is 13.9 Å². The maximum atomic E-state index is 12.2. The average Bonchev–Trinajstić information content (AvgIpc) is 2.62. The first-order chi connectivity index (χ1) is 12.5. The number of carbonyl (C=O) groups excluding carboxylic acids is 1. The molecule has 0 radical (unpaired) electrons. The van der Waals surface area contributed by atoms with Crippen LogP contribution in [0.4, 0.5) is 0 Å². The molecule has 0 aliphatic carbocycles. The van der Waals surface area contributed by atoms with Crippen molar-refractivity contribution in [2.24, 2.45) is 0 Å². The third-order valence-electron chi connectivity index (χ3n) is 3.40. The van der Waals surface area contributed by atoms with Gasteiger partial charge in [0.1, 0.15) is 12.0 Å². The Morgan fingerprint density at radius 1 is 1.12 bits per heavy atom. The Balaban J connectivity index is 1.69. The van der Waals surface area contributed by atoms with Crippen molar-refractivity contribution in [3.63, 3.8) is 0 Å². The van der Waals surface area contributed by atoms with Gasteiger partial charge in [-0.25, -0.2) is 14.8 Å². The molecule has 0 saturated carbocycles. The van der Waals surface area contributed by atoms with Gasteiger partial charge in [-0.3, -0.25) is 4.79 Å². The summed E-state index contributed by atoms with van der Waals surface area (Å²) in [6.07, 6.45) is 4.44. The quantitative estimate of drug-likeness (QED) is 0.387. The Hall–Kier alpha value is -2.93. The molecule has 0 aliphatic heterocycles. The van der Waals surface area contributed by atoms with Gasteiger partial charge in [-0.1, -0.05) is 29.0 Å². The molecular weight excluding hydrogens is 352 g/mol. The second kappa shape index (κ2) is 7.97. The van der Waals surface area contributed by atoms with Gasteiger partial charge in [-0.05, 0) is 32.0 Å². The third-order valence-corrected chi connectivity index (χ3v) is 4.30. The summed E-state index contributed by atoms with van der Waals surface area (Å²) in [5.74, 6) is 0.103. The number of rotatable bonds is 5. The Bertz CT molecular complexity index is 966. The average molecular weight is 368 g/mol. The Morgan fingerprint density at radius 3 is 2.46 bits per heavy atom. The van der Waals surface area contributed by atoms with E-state index in [1.54, 1.807) is 30.6 Å². The van der Waals surface area contributed by atoms with E-state index in [1.807, 2.05) is 19.9 Å². The molecule has 3 rings (SSSR count). The van der Waals surface area contributed by atoms with Crippen molar-refractivity contribution in [1.82, 2.24) is 9.97 Å². The lowest BCUT2D eigenvalue weighted by Gasteiger charge is -2.06. The number of nitrogens with zero attached hydrogens (tertiary/aromatic N) is 2. The van der Waals surface area contributed by atoms with Crippen LogP contribution in [0.1, 0.15) is 27.2 Å². The molecule has 0 atom stereocenters. The molecular formula is C19H16N2O4S. The molecule has 7 heteroatoms. The fourth-order valence-electron chi connectivity index (χ4n) is 2.34. The van der Waals surface area contributed by atoms with Gasteiger partial charge in [0.2, 0.25) is 11.2 Å². The Labute approximate surface area is 154 Å². The Morgan fingerprint density at radius 2 is 1.81 bits per heavy atom. The molecule has 0 aliphatic rings. The van der Waals surface area contributed by atoms with Crippen LogP contribution in [0.25, 0.3) is 0 Å². The highest BCUT2D eigenvalue weighted by Gasteiger charge is 2.13. The summed E-state index contributed by atoms with van der Waals surface area (Å²) in [4.78, 5) is 32.6.